The van der Waals surface area contributed by atoms with Gasteiger partial charge in [-0.15, -0.1) is 0 Å². The van der Waals surface area contributed by atoms with Crippen LogP contribution in [0.25, 0.3) is 22.4 Å². The van der Waals surface area contributed by atoms with E-state index in [9.17, 15) is 0 Å². The number of H-pyrrole nitrogens is 1. The number of hydrogen-bond donors (Lipinski definition) is 2. The van der Waals surface area contributed by atoms with Crippen molar-refractivity contribution in [2.45, 2.75) is 0 Å². The number of nitrogens with one attached hydrogen (secondary N) is 1. The number of hydrogen-bond acceptors (Lipinski definition) is 4. The maximum absolute atomic E-state index is 6.00. The number of nitrogens with two attached hydrogens (primary N) is 1. The van der Waals surface area contributed by atoms with E-state index in [4.69, 9.17) is 26.8 Å². The number of nitrogen functional groups attached to an aromatic ring is 1. The van der Waals surface area contributed by atoms with Gasteiger partial charge in [0.2, 0.25) is 0 Å². The van der Waals surface area contributed by atoms with Gasteiger partial charge in [0, 0.05) is 28.4 Å². The topological polar surface area (TPSA) is 73.2 Å². The highest BCUT2D eigenvalue weighted by molar-refractivity contribution is 6.31. The van der Waals surface area contributed by atoms with E-state index < -0.39 is 0 Å². The lowest BCUT2D eigenvalue weighted by Gasteiger charge is -2.17. The van der Waals surface area contributed by atoms with Crippen LogP contribution in [0.15, 0.2) is 30.3 Å². The lowest BCUT2D eigenvalue weighted by atomic mass is 10.2. The van der Waals surface area contributed by atoms with Crippen molar-refractivity contribution in [2.24, 2.45) is 0 Å². The zero-order valence-corrected chi connectivity index (χ0v) is 11.8. The van der Waals surface area contributed by atoms with Crippen molar-refractivity contribution in [1.29, 1.82) is 0 Å². The second-order valence-corrected chi connectivity index (χ2v) is 5.27. The van der Waals surface area contributed by atoms with Gasteiger partial charge in [-0.25, -0.2) is 4.98 Å². The monoisotopic (exact) mass is 301 g/mol. The van der Waals surface area contributed by atoms with Crippen LogP contribution in [0.5, 0.6) is 11.5 Å². The van der Waals surface area contributed by atoms with Crippen molar-refractivity contribution in [3.05, 3.63) is 35.4 Å². The number of anilines is 1. The number of benzene rings is 2. The first-order valence-corrected chi connectivity index (χ1v) is 6.93. The molecule has 1 aliphatic rings. The van der Waals surface area contributed by atoms with Crippen molar-refractivity contribution in [3.63, 3.8) is 0 Å². The van der Waals surface area contributed by atoms with Crippen LogP contribution in [0.3, 0.4) is 0 Å². The van der Waals surface area contributed by atoms with Crippen LogP contribution in [0.2, 0.25) is 5.02 Å². The molecule has 0 saturated carbocycles. The summed E-state index contributed by atoms with van der Waals surface area (Å²) in [6, 6.07) is 9.11. The minimum absolute atomic E-state index is 0.555. The summed E-state index contributed by atoms with van der Waals surface area (Å²) in [5, 5.41) is 0.602. The van der Waals surface area contributed by atoms with Gasteiger partial charge in [0.1, 0.15) is 19.0 Å². The summed E-state index contributed by atoms with van der Waals surface area (Å²) in [6.45, 7) is 1.11. The van der Waals surface area contributed by atoms with E-state index in [2.05, 4.69) is 9.97 Å². The van der Waals surface area contributed by atoms with Gasteiger partial charge in [0.15, 0.2) is 11.5 Å². The molecule has 6 heteroatoms. The highest BCUT2D eigenvalue weighted by atomic mass is 35.5. The van der Waals surface area contributed by atoms with Crippen LogP contribution >= 0.6 is 11.6 Å². The number of nitrogens with zero attached hydrogens (tertiary/aromatic N) is 1. The van der Waals surface area contributed by atoms with E-state index in [1.807, 2.05) is 18.2 Å². The lowest BCUT2D eigenvalue weighted by molar-refractivity contribution is 0.172. The maximum Gasteiger partial charge on any atom is 0.163 e. The summed E-state index contributed by atoms with van der Waals surface area (Å²) >= 11 is 5.93. The van der Waals surface area contributed by atoms with Gasteiger partial charge in [0.25, 0.3) is 0 Å². The zero-order valence-electron chi connectivity index (χ0n) is 11.0. The Balaban J connectivity index is 1.86. The van der Waals surface area contributed by atoms with Crippen LogP contribution in [0.4, 0.5) is 5.69 Å². The fourth-order valence-electron chi connectivity index (χ4n) is 2.42. The smallest absolute Gasteiger partial charge is 0.163 e. The van der Waals surface area contributed by atoms with Crippen molar-refractivity contribution >= 4 is 28.3 Å². The molecule has 3 aromatic rings. The Kier molecular flexibility index (Phi) is 2.68. The van der Waals surface area contributed by atoms with E-state index in [0.29, 0.717) is 29.7 Å². The fraction of sp³-hybridized carbons (Fsp3) is 0.133. The normalized spacial score (nSPS) is 13.6. The summed E-state index contributed by atoms with van der Waals surface area (Å²) in [5.74, 6) is 2.14. The minimum Gasteiger partial charge on any atom is -0.486 e. The van der Waals surface area contributed by atoms with Crippen LogP contribution in [0.1, 0.15) is 0 Å². The number of ether oxygens (including phenoxy) is 2. The molecule has 1 aromatic heterocycles. The standard InChI is InChI=1S/C15H12ClN3O2/c16-8-1-2-9(10(17)5-8)15-18-11-6-13-14(7-12(11)19-15)21-4-3-20-13/h1-2,5-7H,3-4,17H2,(H,18,19). The molecule has 0 amide bonds. The number of fused-ring (bicyclic) bond motifs is 2. The molecule has 0 atom stereocenters. The molecule has 2 heterocycles. The molecule has 106 valence electrons. The second kappa shape index (κ2) is 4.56. The van der Waals surface area contributed by atoms with Crippen molar-refractivity contribution < 1.29 is 9.47 Å². The number of aromatic nitrogens is 2. The molecule has 0 radical (unpaired) electrons. The van der Waals surface area contributed by atoms with E-state index in [1.54, 1.807) is 12.1 Å². The number of aromatic amines is 1. The first-order chi connectivity index (χ1) is 10.2. The third-order valence-electron chi connectivity index (χ3n) is 3.41. The summed E-state index contributed by atoms with van der Waals surface area (Å²) in [7, 11) is 0. The number of halogens is 1. The van der Waals surface area contributed by atoms with E-state index in [-0.39, 0.29) is 0 Å². The quantitative estimate of drug-likeness (QED) is 0.677. The van der Waals surface area contributed by atoms with Crippen molar-refractivity contribution in [3.8, 4) is 22.9 Å². The zero-order chi connectivity index (χ0) is 14.4. The summed E-state index contributed by atoms with van der Waals surface area (Å²) < 4.78 is 11.1. The van der Waals surface area contributed by atoms with Crippen LogP contribution in [-0.4, -0.2) is 23.2 Å². The molecular formula is C15H12ClN3O2. The van der Waals surface area contributed by atoms with Crippen LogP contribution in [0, 0.1) is 0 Å². The molecular weight excluding hydrogens is 290 g/mol. The van der Waals surface area contributed by atoms with Gasteiger partial charge in [-0.1, -0.05) is 11.6 Å². The Morgan fingerprint density at radius 2 is 1.86 bits per heavy atom. The highest BCUT2D eigenvalue weighted by Gasteiger charge is 2.16. The maximum atomic E-state index is 6.00. The van der Waals surface area contributed by atoms with Gasteiger partial charge in [-0.3, -0.25) is 0 Å². The van der Waals surface area contributed by atoms with Gasteiger partial charge in [0.05, 0.1) is 11.0 Å². The van der Waals surface area contributed by atoms with Crippen molar-refractivity contribution in [1.82, 2.24) is 9.97 Å². The van der Waals surface area contributed by atoms with Crippen LogP contribution in [-0.2, 0) is 0 Å². The molecule has 0 bridgehead atoms. The average Bonchev–Trinajstić information content (AvgIpc) is 2.87. The first kappa shape index (κ1) is 12.3. The Bertz CT molecular complexity index is 801. The Hall–Kier alpha value is -2.40. The molecule has 2 aromatic carbocycles. The lowest BCUT2D eigenvalue weighted by Crippen LogP contribution is -2.15. The van der Waals surface area contributed by atoms with E-state index in [0.717, 1.165) is 28.1 Å². The number of imidazole rings is 1. The Morgan fingerprint density at radius 3 is 2.62 bits per heavy atom. The third kappa shape index (κ3) is 2.06. The fourth-order valence-corrected chi connectivity index (χ4v) is 2.60. The molecule has 5 nitrogen and oxygen atoms in total. The second-order valence-electron chi connectivity index (χ2n) is 4.83. The largest absolute Gasteiger partial charge is 0.486 e. The highest BCUT2D eigenvalue weighted by Crippen LogP contribution is 2.35. The minimum atomic E-state index is 0.555. The predicted octanol–water partition coefficient (Wildman–Crippen LogP) is 3.24. The average molecular weight is 302 g/mol. The SMILES string of the molecule is Nc1cc(Cl)ccc1-c1nc2cc3c(cc2[nH]1)OCCO3. The molecule has 0 aliphatic carbocycles. The molecule has 0 unspecified atom stereocenters. The third-order valence-corrected chi connectivity index (χ3v) is 3.65. The predicted molar refractivity (Wildman–Crippen MR) is 81.9 cm³/mol. The molecule has 0 spiro atoms. The number of rotatable bonds is 1. The summed E-state index contributed by atoms with van der Waals surface area (Å²) in [4.78, 5) is 7.82. The first-order valence-electron chi connectivity index (χ1n) is 6.55. The van der Waals surface area contributed by atoms with Gasteiger partial charge in [-0.2, -0.15) is 0 Å². The molecule has 21 heavy (non-hydrogen) atoms. The van der Waals surface area contributed by atoms with Gasteiger partial charge < -0.3 is 20.2 Å². The summed E-state index contributed by atoms with van der Waals surface area (Å²) in [6.07, 6.45) is 0. The summed E-state index contributed by atoms with van der Waals surface area (Å²) in [5.41, 5.74) is 9.09. The van der Waals surface area contributed by atoms with E-state index >= 15 is 0 Å². The van der Waals surface area contributed by atoms with E-state index in [1.165, 1.54) is 0 Å². The van der Waals surface area contributed by atoms with Crippen LogP contribution < -0.4 is 15.2 Å². The molecule has 0 fully saturated rings. The van der Waals surface area contributed by atoms with Gasteiger partial charge >= 0.3 is 0 Å². The molecule has 0 saturated heterocycles. The molecule has 4 rings (SSSR count). The Labute approximate surface area is 125 Å². The van der Waals surface area contributed by atoms with Gasteiger partial charge in [-0.05, 0) is 18.2 Å². The molecule has 1 aliphatic heterocycles. The van der Waals surface area contributed by atoms with Crippen molar-refractivity contribution in [2.75, 3.05) is 18.9 Å². The molecule has 3 N–H and O–H groups in total. The Morgan fingerprint density at radius 1 is 1.10 bits per heavy atom.